The Balaban J connectivity index is 2.14. The number of piperazine rings is 1. The number of halogens is 1. The van der Waals surface area contributed by atoms with Crippen LogP contribution in [0.3, 0.4) is 0 Å². The van der Waals surface area contributed by atoms with Gasteiger partial charge in [0.2, 0.25) is 0 Å². The van der Waals surface area contributed by atoms with Crippen molar-refractivity contribution in [3.63, 3.8) is 0 Å². The summed E-state index contributed by atoms with van der Waals surface area (Å²) in [4.78, 5) is 9.20. The minimum Gasteiger partial charge on any atom is -0.396 e. The van der Waals surface area contributed by atoms with E-state index in [-0.39, 0.29) is 0 Å². The molecule has 4 nitrogen and oxygen atoms in total. The van der Waals surface area contributed by atoms with Crippen LogP contribution in [0.2, 0.25) is 0 Å². The highest BCUT2D eigenvalue weighted by atomic mass is 79.9. The Kier molecular flexibility index (Phi) is 3.56. The van der Waals surface area contributed by atoms with Gasteiger partial charge in [0, 0.05) is 35.5 Å². The molecule has 1 saturated heterocycles. The quantitative estimate of drug-likeness (QED) is 0.870. The number of benzene rings is 1. The average Bonchev–Trinajstić information content (AvgIpc) is 2.40. The van der Waals surface area contributed by atoms with Crippen molar-refractivity contribution in [2.45, 2.75) is 13.0 Å². The SMILES string of the molecule is CC1CN(C)CCN1c1c(N)cnc2ccc(Br)cc12. The topological polar surface area (TPSA) is 45.4 Å². The average molecular weight is 335 g/mol. The van der Waals surface area contributed by atoms with Crippen molar-refractivity contribution in [2.24, 2.45) is 0 Å². The van der Waals surface area contributed by atoms with E-state index in [4.69, 9.17) is 5.73 Å². The van der Waals surface area contributed by atoms with Gasteiger partial charge >= 0.3 is 0 Å². The lowest BCUT2D eigenvalue weighted by Gasteiger charge is -2.40. The molecule has 1 aromatic carbocycles. The Morgan fingerprint density at radius 2 is 2.15 bits per heavy atom. The third-order valence-electron chi connectivity index (χ3n) is 3.95. The molecule has 1 aromatic heterocycles. The number of pyridine rings is 1. The van der Waals surface area contributed by atoms with Crippen LogP contribution in [0.1, 0.15) is 6.92 Å². The fourth-order valence-corrected chi connectivity index (χ4v) is 3.32. The highest BCUT2D eigenvalue weighted by Crippen LogP contribution is 2.35. The summed E-state index contributed by atoms with van der Waals surface area (Å²) in [7, 11) is 2.17. The molecule has 5 heteroatoms. The van der Waals surface area contributed by atoms with Crippen molar-refractivity contribution < 1.29 is 0 Å². The molecule has 1 aliphatic heterocycles. The highest BCUT2D eigenvalue weighted by Gasteiger charge is 2.25. The number of rotatable bonds is 1. The van der Waals surface area contributed by atoms with Gasteiger partial charge < -0.3 is 15.5 Å². The number of nitrogens with two attached hydrogens (primary N) is 1. The van der Waals surface area contributed by atoms with Gasteiger partial charge in [-0.1, -0.05) is 15.9 Å². The normalized spacial score (nSPS) is 20.6. The van der Waals surface area contributed by atoms with Crippen molar-refractivity contribution >= 4 is 38.2 Å². The summed E-state index contributed by atoms with van der Waals surface area (Å²) in [6.45, 7) is 5.35. The lowest BCUT2D eigenvalue weighted by atomic mass is 10.1. The van der Waals surface area contributed by atoms with Gasteiger partial charge in [-0.05, 0) is 32.2 Å². The molecule has 2 N–H and O–H groups in total. The molecule has 20 heavy (non-hydrogen) atoms. The van der Waals surface area contributed by atoms with E-state index >= 15 is 0 Å². The van der Waals surface area contributed by atoms with Crippen LogP contribution in [-0.2, 0) is 0 Å². The van der Waals surface area contributed by atoms with Gasteiger partial charge in [0.15, 0.2) is 0 Å². The molecule has 1 aliphatic rings. The van der Waals surface area contributed by atoms with Crippen molar-refractivity contribution in [1.29, 1.82) is 0 Å². The summed E-state index contributed by atoms with van der Waals surface area (Å²) in [6, 6.07) is 6.60. The van der Waals surface area contributed by atoms with Crippen LogP contribution in [0.4, 0.5) is 11.4 Å². The first kappa shape index (κ1) is 13.6. The van der Waals surface area contributed by atoms with E-state index in [9.17, 15) is 0 Å². The second-order valence-electron chi connectivity index (χ2n) is 5.53. The molecule has 106 valence electrons. The van der Waals surface area contributed by atoms with Gasteiger partial charge in [0.05, 0.1) is 23.1 Å². The summed E-state index contributed by atoms with van der Waals surface area (Å²) < 4.78 is 1.06. The van der Waals surface area contributed by atoms with Crippen LogP contribution in [0, 0.1) is 0 Å². The highest BCUT2D eigenvalue weighted by molar-refractivity contribution is 9.10. The van der Waals surface area contributed by atoms with E-state index in [1.165, 1.54) is 0 Å². The Hall–Kier alpha value is -1.33. The number of hydrogen-bond donors (Lipinski definition) is 1. The van der Waals surface area contributed by atoms with Crippen LogP contribution in [0.15, 0.2) is 28.9 Å². The predicted molar refractivity (Wildman–Crippen MR) is 88.2 cm³/mol. The number of aromatic nitrogens is 1. The van der Waals surface area contributed by atoms with Gasteiger partial charge in [-0.15, -0.1) is 0 Å². The van der Waals surface area contributed by atoms with E-state index in [0.717, 1.165) is 46.4 Å². The molecule has 1 atom stereocenters. The van der Waals surface area contributed by atoms with E-state index in [0.29, 0.717) is 6.04 Å². The number of nitrogen functional groups attached to an aromatic ring is 1. The zero-order chi connectivity index (χ0) is 14.3. The van der Waals surface area contributed by atoms with Crippen LogP contribution in [-0.4, -0.2) is 42.6 Å². The summed E-state index contributed by atoms with van der Waals surface area (Å²) in [5, 5.41) is 1.12. The Morgan fingerprint density at radius 1 is 1.35 bits per heavy atom. The lowest BCUT2D eigenvalue weighted by Crippen LogP contribution is -2.50. The fraction of sp³-hybridized carbons (Fsp3) is 0.400. The summed E-state index contributed by atoms with van der Waals surface area (Å²) in [6.07, 6.45) is 1.77. The lowest BCUT2D eigenvalue weighted by molar-refractivity contribution is 0.276. The molecule has 1 unspecified atom stereocenters. The molecule has 0 radical (unpaired) electrons. The molecule has 1 fully saturated rings. The smallest absolute Gasteiger partial charge is 0.0745 e. The first-order valence-corrected chi connectivity index (χ1v) is 7.64. The first-order valence-electron chi connectivity index (χ1n) is 6.85. The number of likely N-dealkylation sites (N-methyl/N-ethyl adjacent to an activating group) is 1. The minimum atomic E-state index is 0.445. The summed E-state index contributed by atoms with van der Waals surface area (Å²) in [5.41, 5.74) is 9.10. The fourth-order valence-electron chi connectivity index (χ4n) is 2.96. The first-order chi connectivity index (χ1) is 9.56. The summed E-state index contributed by atoms with van der Waals surface area (Å²) in [5.74, 6) is 0. The third kappa shape index (κ3) is 2.36. The van der Waals surface area contributed by atoms with E-state index < -0.39 is 0 Å². The van der Waals surface area contributed by atoms with Crippen LogP contribution < -0.4 is 10.6 Å². The number of anilines is 2. The van der Waals surface area contributed by atoms with Gasteiger partial charge in [-0.25, -0.2) is 0 Å². The van der Waals surface area contributed by atoms with E-state index in [1.807, 2.05) is 12.1 Å². The van der Waals surface area contributed by atoms with Crippen molar-refractivity contribution in [3.05, 3.63) is 28.9 Å². The second-order valence-corrected chi connectivity index (χ2v) is 6.44. The molecular weight excluding hydrogens is 316 g/mol. The van der Waals surface area contributed by atoms with Gasteiger partial charge in [-0.2, -0.15) is 0 Å². The number of fused-ring (bicyclic) bond motifs is 1. The Bertz CT molecular complexity index is 638. The Labute approximate surface area is 127 Å². The molecule has 3 rings (SSSR count). The third-order valence-corrected chi connectivity index (χ3v) is 4.44. The second kappa shape index (κ2) is 5.22. The van der Waals surface area contributed by atoms with Crippen LogP contribution >= 0.6 is 15.9 Å². The maximum Gasteiger partial charge on any atom is 0.0745 e. The maximum atomic E-state index is 6.23. The van der Waals surface area contributed by atoms with Crippen molar-refractivity contribution in [1.82, 2.24) is 9.88 Å². The molecular formula is C15H19BrN4. The standard InChI is InChI=1S/C15H19BrN4/c1-10-9-19(2)5-6-20(10)15-12-7-11(16)3-4-14(12)18-8-13(15)17/h3-4,7-8,10H,5-6,9,17H2,1-2H3. The molecule has 0 spiro atoms. The Morgan fingerprint density at radius 3 is 2.90 bits per heavy atom. The van der Waals surface area contributed by atoms with Crippen molar-refractivity contribution in [2.75, 3.05) is 37.3 Å². The van der Waals surface area contributed by atoms with E-state index in [2.05, 4.69) is 50.8 Å². The summed E-state index contributed by atoms with van der Waals surface area (Å²) >= 11 is 3.54. The van der Waals surface area contributed by atoms with Gasteiger partial charge in [-0.3, -0.25) is 4.98 Å². The predicted octanol–water partition coefficient (Wildman–Crippen LogP) is 2.72. The number of nitrogens with zero attached hydrogens (tertiary/aromatic N) is 3. The maximum absolute atomic E-state index is 6.23. The van der Waals surface area contributed by atoms with Crippen LogP contribution in [0.5, 0.6) is 0 Å². The van der Waals surface area contributed by atoms with Gasteiger partial charge in [0.1, 0.15) is 0 Å². The minimum absolute atomic E-state index is 0.445. The molecule has 0 saturated carbocycles. The molecule has 0 amide bonds. The molecule has 0 aliphatic carbocycles. The van der Waals surface area contributed by atoms with Crippen molar-refractivity contribution in [3.8, 4) is 0 Å². The largest absolute Gasteiger partial charge is 0.396 e. The molecule has 2 aromatic rings. The number of hydrogen-bond acceptors (Lipinski definition) is 4. The van der Waals surface area contributed by atoms with E-state index in [1.54, 1.807) is 6.20 Å². The van der Waals surface area contributed by atoms with Crippen LogP contribution in [0.25, 0.3) is 10.9 Å². The molecule has 0 bridgehead atoms. The monoisotopic (exact) mass is 334 g/mol. The van der Waals surface area contributed by atoms with Gasteiger partial charge in [0.25, 0.3) is 0 Å². The molecule has 2 heterocycles. The zero-order valence-electron chi connectivity index (χ0n) is 11.8. The zero-order valence-corrected chi connectivity index (χ0v) is 13.4.